The van der Waals surface area contributed by atoms with Crippen molar-refractivity contribution >= 4 is 12.1 Å². The summed E-state index contributed by atoms with van der Waals surface area (Å²) in [6.07, 6.45) is 11.1. The number of nitriles is 1. The molecular weight excluding hydrogens is 304 g/mol. The Morgan fingerprint density at radius 1 is 1.42 bits per heavy atom. The lowest BCUT2D eigenvalue weighted by molar-refractivity contribution is -0.107. The second-order valence-corrected chi connectivity index (χ2v) is 6.14. The number of hydrogen-bond acceptors (Lipinski definition) is 6. The summed E-state index contributed by atoms with van der Waals surface area (Å²) in [5.74, 6) is 0.798. The van der Waals surface area contributed by atoms with Gasteiger partial charge in [0, 0.05) is 23.7 Å². The summed E-state index contributed by atoms with van der Waals surface area (Å²) in [5.41, 5.74) is 7.92. The van der Waals surface area contributed by atoms with Crippen LogP contribution in [0, 0.1) is 17.2 Å². The van der Waals surface area contributed by atoms with Gasteiger partial charge in [-0.2, -0.15) is 10.4 Å². The summed E-state index contributed by atoms with van der Waals surface area (Å²) < 4.78 is 1.87. The van der Waals surface area contributed by atoms with E-state index in [0.717, 1.165) is 24.7 Å². The van der Waals surface area contributed by atoms with Crippen LogP contribution in [-0.4, -0.2) is 26.0 Å². The third kappa shape index (κ3) is 3.13. The van der Waals surface area contributed by atoms with Gasteiger partial charge in [0.2, 0.25) is 0 Å². The molecule has 0 bridgehead atoms. The molecule has 7 nitrogen and oxygen atoms in total. The van der Waals surface area contributed by atoms with Gasteiger partial charge >= 0.3 is 0 Å². The van der Waals surface area contributed by atoms with E-state index in [0.29, 0.717) is 29.4 Å². The normalized spacial score (nSPS) is 16.0. The van der Waals surface area contributed by atoms with E-state index in [1.807, 2.05) is 10.9 Å². The lowest BCUT2D eigenvalue weighted by atomic mass is 9.96. The van der Waals surface area contributed by atoms with E-state index < -0.39 is 0 Å². The van der Waals surface area contributed by atoms with Gasteiger partial charge in [-0.25, -0.2) is 9.97 Å². The van der Waals surface area contributed by atoms with Crippen LogP contribution in [0.1, 0.15) is 43.7 Å². The number of nitrogen functional groups attached to an aromatic ring is 1. The fourth-order valence-corrected chi connectivity index (χ4v) is 3.51. The first kappa shape index (κ1) is 16.1. The van der Waals surface area contributed by atoms with Crippen LogP contribution in [0.25, 0.3) is 11.3 Å². The molecule has 0 saturated heterocycles. The second-order valence-electron chi connectivity index (χ2n) is 6.14. The average molecular weight is 324 g/mol. The SMILES string of the molecule is N#CC[C@H](C1CCCC1)n1cc(-c2ncnc(N)c2CC=O)cn1. The monoisotopic (exact) mass is 324 g/mol. The quantitative estimate of drug-likeness (QED) is 0.816. The first-order chi connectivity index (χ1) is 11.7. The number of nitrogens with two attached hydrogens (primary N) is 1. The van der Waals surface area contributed by atoms with Crippen LogP contribution in [0.15, 0.2) is 18.7 Å². The van der Waals surface area contributed by atoms with Gasteiger partial charge in [-0.3, -0.25) is 4.68 Å². The molecule has 7 heteroatoms. The van der Waals surface area contributed by atoms with E-state index in [-0.39, 0.29) is 12.5 Å². The minimum absolute atomic E-state index is 0.0833. The van der Waals surface area contributed by atoms with Crippen LogP contribution in [0.3, 0.4) is 0 Å². The average Bonchev–Trinajstić information content (AvgIpc) is 3.26. The highest BCUT2D eigenvalue weighted by Crippen LogP contribution is 2.36. The molecule has 0 spiro atoms. The maximum Gasteiger partial charge on any atom is 0.131 e. The van der Waals surface area contributed by atoms with Gasteiger partial charge in [-0.1, -0.05) is 12.8 Å². The van der Waals surface area contributed by atoms with Gasteiger partial charge in [0.05, 0.1) is 30.4 Å². The molecule has 124 valence electrons. The lowest BCUT2D eigenvalue weighted by Gasteiger charge is -2.21. The molecule has 2 N–H and O–H groups in total. The minimum Gasteiger partial charge on any atom is -0.383 e. The van der Waals surface area contributed by atoms with Crippen molar-refractivity contribution in [2.45, 2.75) is 44.6 Å². The minimum atomic E-state index is 0.0833. The number of hydrogen-bond donors (Lipinski definition) is 1. The maximum absolute atomic E-state index is 10.9. The van der Waals surface area contributed by atoms with Gasteiger partial charge in [0.15, 0.2) is 0 Å². The van der Waals surface area contributed by atoms with Crippen LogP contribution in [0.5, 0.6) is 0 Å². The predicted octanol–water partition coefficient (Wildman–Crippen LogP) is 2.31. The summed E-state index contributed by atoms with van der Waals surface area (Å²) >= 11 is 0. The third-order valence-electron chi connectivity index (χ3n) is 4.73. The Morgan fingerprint density at radius 3 is 2.92 bits per heavy atom. The van der Waals surface area contributed by atoms with Crippen molar-refractivity contribution in [2.75, 3.05) is 5.73 Å². The van der Waals surface area contributed by atoms with Crippen molar-refractivity contribution in [3.05, 3.63) is 24.3 Å². The topological polar surface area (TPSA) is 110 Å². The fraction of sp³-hybridized carbons (Fsp3) is 0.471. The van der Waals surface area contributed by atoms with E-state index in [4.69, 9.17) is 11.0 Å². The molecule has 2 aromatic rings. The molecule has 3 rings (SSSR count). The summed E-state index contributed by atoms with van der Waals surface area (Å²) in [7, 11) is 0. The standard InChI is InChI=1S/C17H20N6O/c18-7-5-15(12-3-1-2-4-12)23-10-13(9-22-23)16-14(6-8-24)17(19)21-11-20-16/h8-12,15H,1-6H2,(H2,19,20,21)/t15-/m1/s1. The van der Waals surface area contributed by atoms with Crippen molar-refractivity contribution in [3.63, 3.8) is 0 Å². The summed E-state index contributed by atoms with van der Waals surface area (Å²) in [6, 6.07) is 2.36. The molecule has 2 aromatic heterocycles. The summed E-state index contributed by atoms with van der Waals surface area (Å²) in [5, 5.41) is 13.6. The molecule has 0 aliphatic heterocycles. The van der Waals surface area contributed by atoms with Crippen molar-refractivity contribution < 1.29 is 4.79 Å². The number of rotatable bonds is 6. The van der Waals surface area contributed by atoms with E-state index in [2.05, 4.69) is 21.1 Å². The Morgan fingerprint density at radius 2 is 2.21 bits per heavy atom. The largest absolute Gasteiger partial charge is 0.383 e. The molecule has 0 aromatic carbocycles. The van der Waals surface area contributed by atoms with Crippen molar-refractivity contribution in [2.24, 2.45) is 5.92 Å². The first-order valence-corrected chi connectivity index (χ1v) is 8.19. The van der Waals surface area contributed by atoms with Crippen molar-refractivity contribution in [3.8, 4) is 17.3 Å². The highest BCUT2D eigenvalue weighted by atomic mass is 16.1. The third-order valence-corrected chi connectivity index (χ3v) is 4.73. The Kier molecular flexibility index (Phi) is 4.85. The first-order valence-electron chi connectivity index (χ1n) is 8.19. The smallest absolute Gasteiger partial charge is 0.131 e. The van der Waals surface area contributed by atoms with Crippen LogP contribution >= 0.6 is 0 Å². The van der Waals surface area contributed by atoms with Crippen LogP contribution < -0.4 is 5.73 Å². The Hall–Kier alpha value is -2.75. The Balaban J connectivity index is 1.94. The molecule has 0 radical (unpaired) electrons. The molecule has 24 heavy (non-hydrogen) atoms. The van der Waals surface area contributed by atoms with Crippen molar-refractivity contribution in [1.29, 1.82) is 5.26 Å². The number of anilines is 1. The molecule has 0 amide bonds. The van der Waals surface area contributed by atoms with E-state index >= 15 is 0 Å². The van der Waals surface area contributed by atoms with Crippen molar-refractivity contribution in [1.82, 2.24) is 19.7 Å². The lowest BCUT2D eigenvalue weighted by Crippen LogP contribution is -2.17. The van der Waals surface area contributed by atoms with E-state index in [1.165, 1.54) is 19.2 Å². The highest BCUT2D eigenvalue weighted by molar-refractivity contribution is 5.71. The van der Waals surface area contributed by atoms with Gasteiger partial charge in [0.25, 0.3) is 0 Å². The number of aromatic nitrogens is 4. The van der Waals surface area contributed by atoms with E-state index in [1.54, 1.807) is 6.20 Å². The van der Waals surface area contributed by atoms with Crippen LogP contribution in [-0.2, 0) is 11.2 Å². The molecule has 0 unspecified atom stereocenters. The van der Waals surface area contributed by atoms with Gasteiger partial charge in [-0.15, -0.1) is 0 Å². The molecule has 1 fully saturated rings. The molecule has 2 heterocycles. The molecule has 1 atom stereocenters. The summed E-state index contributed by atoms with van der Waals surface area (Å²) in [4.78, 5) is 19.1. The zero-order valence-electron chi connectivity index (χ0n) is 13.4. The van der Waals surface area contributed by atoms with E-state index in [9.17, 15) is 4.79 Å². The zero-order valence-corrected chi connectivity index (χ0v) is 13.4. The number of nitrogens with zero attached hydrogens (tertiary/aromatic N) is 5. The molecular formula is C17H20N6O. The van der Waals surface area contributed by atoms with Gasteiger partial charge in [-0.05, 0) is 18.8 Å². The Labute approximate surface area is 140 Å². The molecule has 1 saturated carbocycles. The Bertz CT molecular complexity index is 757. The van der Waals surface area contributed by atoms with Gasteiger partial charge < -0.3 is 10.5 Å². The number of aldehydes is 1. The molecule has 1 aliphatic rings. The fourth-order valence-electron chi connectivity index (χ4n) is 3.51. The second kappa shape index (κ2) is 7.21. The van der Waals surface area contributed by atoms with Crippen LogP contribution in [0.2, 0.25) is 0 Å². The zero-order chi connectivity index (χ0) is 16.9. The summed E-state index contributed by atoms with van der Waals surface area (Å²) in [6.45, 7) is 0. The highest BCUT2D eigenvalue weighted by Gasteiger charge is 2.27. The maximum atomic E-state index is 10.9. The number of carbonyl (C=O) groups is 1. The predicted molar refractivity (Wildman–Crippen MR) is 88.7 cm³/mol. The number of carbonyl (C=O) groups excluding carboxylic acids is 1. The van der Waals surface area contributed by atoms with Crippen LogP contribution in [0.4, 0.5) is 5.82 Å². The van der Waals surface area contributed by atoms with Gasteiger partial charge in [0.1, 0.15) is 18.4 Å². The molecule has 1 aliphatic carbocycles.